The van der Waals surface area contributed by atoms with Crippen molar-refractivity contribution in [2.45, 2.75) is 27.3 Å². The first kappa shape index (κ1) is 14.5. The van der Waals surface area contributed by atoms with Gasteiger partial charge in [-0.25, -0.2) is 4.39 Å². The van der Waals surface area contributed by atoms with E-state index in [1.54, 1.807) is 25.1 Å². The van der Waals surface area contributed by atoms with E-state index in [1.165, 1.54) is 0 Å². The van der Waals surface area contributed by atoms with Crippen molar-refractivity contribution in [3.63, 3.8) is 0 Å². The minimum atomic E-state index is -0.302. The summed E-state index contributed by atoms with van der Waals surface area (Å²) in [5.41, 5.74) is 2.70. The molecule has 2 rings (SSSR count). The zero-order valence-corrected chi connectivity index (χ0v) is 12.2. The van der Waals surface area contributed by atoms with Gasteiger partial charge in [-0.3, -0.25) is 0 Å². The molecule has 106 valence electrons. The van der Waals surface area contributed by atoms with Crippen LogP contribution >= 0.6 is 0 Å². The van der Waals surface area contributed by atoms with Crippen molar-refractivity contribution in [2.75, 3.05) is 6.54 Å². The zero-order valence-electron chi connectivity index (χ0n) is 12.2. The van der Waals surface area contributed by atoms with Crippen LogP contribution in [0.25, 0.3) is 0 Å². The zero-order chi connectivity index (χ0) is 14.5. The molecular formula is C17H20FNO. The maximum absolute atomic E-state index is 14.0. The molecule has 0 saturated heterocycles. The third kappa shape index (κ3) is 3.36. The second kappa shape index (κ2) is 6.53. The van der Waals surface area contributed by atoms with Crippen molar-refractivity contribution in [3.05, 3.63) is 58.9 Å². The number of ether oxygens (including phenoxy) is 1. The Labute approximate surface area is 119 Å². The van der Waals surface area contributed by atoms with E-state index in [2.05, 4.69) is 18.3 Å². The van der Waals surface area contributed by atoms with Crippen LogP contribution in [0.2, 0.25) is 0 Å². The summed E-state index contributed by atoms with van der Waals surface area (Å²) in [6.45, 7) is 7.45. The normalized spacial score (nSPS) is 10.6. The quantitative estimate of drug-likeness (QED) is 0.874. The molecule has 0 bridgehead atoms. The molecule has 0 saturated carbocycles. The van der Waals surface area contributed by atoms with Gasteiger partial charge in [-0.05, 0) is 49.2 Å². The molecule has 0 fully saturated rings. The molecule has 20 heavy (non-hydrogen) atoms. The summed E-state index contributed by atoms with van der Waals surface area (Å²) in [5.74, 6) is 0.669. The lowest BCUT2D eigenvalue weighted by Crippen LogP contribution is -2.11. The van der Waals surface area contributed by atoms with Crippen LogP contribution in [0.1, 0.15) is 23.6 Å². The van der Waals surface area contributed by atoms with E-state index in [1.807, 2.05) is 19.1 Å². The van der Waals surface area contributed by atoms with Gasteiger partial charge in [0, 0.05) is 6.54 Å². The fraction of sp³-hybridized carbons (Fsp3) is 0.294. The number of hydrogen-bond acceptors (Lipinski definition) is 2. The molecule has 0 unspecified atom stereocenters. The maximum atomic E-state index is 14.0. The summed E-state index contributed by atoms with van der Waals surface area (Å²) < 4.78 is 19.7. The van der Waals surface area contributed by atoms with Crippen molar-refractivity contribution in [2.24, 2.45) is 0 Å². The summed E-state index contributed by atoms with van der Waals surface area (Å²) in [5, 5.41) is 3.27. The highest BCUT2D eigenvalue weighted by atomic mass is 19.1. The molecule has 0 aliphatic heterocycles. The average molecular weight is 273 g/mol. The van der Waals surface area contributed by atoms with Crippen LogP contribution < -0.4 is 10.1 Å². The summed E-state index contributed by atoms with van der Waals surface area (Å²) in [6, 6.07) is 11.2. The van der Waals surface area contributed by atoms with E-state index < -0.39 is 0 Å². The topological polar surface area (TPSA) is 21.3 Å². The first-order valence-electron chi connectivity index (χ1n) is 6.85. The Kier molecular flexibility index (Phi) is 4.74. The standard InChI is InChI=1S/C17H20FNO/c1-4-19-11-14-9-8-12(2)16(10-14)20-15-7-5-6-13(3)17(15)18/h5-10,19H,4,11H2,1-3H3. The van der Waals surface area contributed by atoms with Crippen molar-refractivity contribution >= 4 is 0 Å². The third-order valence-electron chi connectivity index (χ3n) is 3.21. The van der Waals surface area contributed by atoms with Crippen molar-refractivity contribution in [1.82, 2.24) is 5.32 Å². The largest absolute Gasteiger partial charge is 0.454 e. The van der Waals surface area contributed by atoms with Crippen LogP contribution in [-0.2, 0) is 6.54 Å². The summed E-state index contributed by atoms with van der Waals surface area (Å²) in [4.78, 5) is 0. The molecular weight excluding hydrogens is 253 g/mol. The molecule has 0 heterocycles. The Morgan fingerprint density at radius 3 is 2.60 bits per heavy atom. The Morgan fingerprint density at radius 1 is 1.05 bits per heavy atom. The molecule has 0 atom stereocenters. The highest BCUT2D eigenvalue weighted by Crippen LogP contribution is 2.29. The second-order valence-electron chi connectivity index (χ2n) is 4.87. The number of halogens is 1. The fourth-order valence-corrected chi connectivity index (χ4v) is 1.95. The third-order valence-corrected chi connectivity index (χ3v) is 3.21. The molecule has 0 aliphatic carbocycles. The van der Waals surface area contributed by atoms with Crippen LogP contribution in [0.5, 0.6) is 11.5 Å². The van der Waals surface area contributed by atoms with Gasteiger partial charge in [-0.2, -0.15) is 0 Å². The Morgan fingerprint density at radius 2 is 1.85 bits per heavy atom. The lowest BCUT2D eigenvalue weighted by Gasteiger charge is -2.12. The van der Waals surface area contributed by atoms with Gasteiger partial charge in [0.15, 0.2) is 11.6 Å². The predicted molar refractivity (Wildman–Crippen MR) is 79.8 cm³/mol. The fourth-order valence-electron chi connectivity index (χ4n) is 1.95. The number of nitrogens with one attached hydrogen (secondary N) is 1. The molecule has 2 nitrogen and oxygen atoms in total. The van der Waals surface area contributed by atoms with Gasteiger partial charge in [0.1, 0.15) is 5.75 Å². The number of hydrogen-bond donors (Lipinski definition) is 1. The second-order valence-corrected chi connectivity index (χ2v) is 4.87. The molecule has 0 aliphatic rings. The van der Waals surface area contributed by atoms with E-state index in [-0.39, 0.29) is 11.6 Å². The average Bonchev–Trinajstić information content (AvgIpc) is 2.44. The van der Waals surface area contributed by atoms with Crippen molar-refractivity contribution < 1.29 is 9.13 Å². The van der Waals surface area contributed by atoms with Crippen LogP contribution in [0.3, 0.4) is 0 Å². The lowest BCUT2D eigenvalue weighted by atomic mass is 10.1. The predicted octanol–water partition coefficient (Wildman–Crippen LogP) is 4.34. The summed E-state index contributed by atoms with van der Waals surface area (Å²) in [7, 11) is 0. The molecule has 2 aromatic carbocycles. The van der Waals surface area contributed by atoms with Crippen molar-refractivity contribution in [3.8, 4) is 11.5 Å². The summed E-state index contributed by atoms with van der Waals surface area (Å²) >= 11 is 0. The van der Waals surface area contributed by atoms with Gasteiger partial charge in [0.25, 0.3) is 0 Å². The van der Waals surface area contributed by atoms with Gasteiger partial charge in [-0.1, -0.05) is 31.2 Å². The number of rotatable bonds is 5. The van der Waals surface area contributed by atoms with Crippen molar-refractivity contribution in [1.29, 1.82) is 0 Å². The molecule has 0 spiro atoms. The molecule has 0 aromatic heterocycles. The Hall–Kier alpha value is -1.87. The first-order valence-corrected chi connectivity index (χ1v) is 6.85. The molecule has 2 aromatic rings. The van der Waals surface area contributed by atoms with Gasteiger partial charge in [0.05, 0.1) is 0 Å². The maximum Gasteiger partial charge on any atom is 0.168 e. The van der Waals surface area contributed by atoms with Gasteiger partial charge in [-0.15, -0.1) is 0 Å². The lowest BCUT2D eigenvalue weighted by molar-refractivity contribution is 0.437. The minimum absolute atomic E-state index is 0.272. The smallest absolute Gasteiger partial charge is 0.168 e. The van der Waals surface area contributed by atoms with Crippen LogP contribution in [0.15, 0.2) is 36.4 Å². The molecule has 0 radical (unpaired) electrons. The van der Waals surface area contributed by atoms with Crippen LogP contribution in [-0.4, -0.2) is 6.54 Å². The Balaban J connectivity index is 2.26. The van der Waals surface area contributed by atoms with E-state index in [0.717, 1.165) is 24.2 Å². The molecule has 3 heteroatoms. The molecule has 0 amide bonds. The molecule has 1 N–H and O–H groups in total. The highest BCUT2D eigenvalue weighted by molar-refractivity contribution is 5.41. The minimum Gasteiger partial charge on any atom is -0.454 e. The van der Waals surface area contributed by atoms with E-state index >= 15 is 0 Å². The Bertz CT molecular complexity index is 596. The number of aryl methyl sites for hydroxylation is 2. The van der Waals surface area contributed by atoms with Crippen LogP contribution in [0, 0.1) is 19.7 Å². The van der Waals surface area contributed by atoms with Gasteiger partial charge in [0.2, 0.25) is 0 Å². The van der Waals surface area contributed by atoms with E-state index in [0.29, 0.717) is 11.3 Å². The SMILES string of the molecule is CCNCc1ccc(C)c(Oc2cccc(C)c2F)c1. The first-order chi connectivity index (χ1) is 9.61. The van der Waals surface area contributed by atoms with E-state index in [9.17, 15) is 4.39 Å². The highest BCUT2D eigenvalue weighted by Gasteiger charge is 2.09. The summed E-state index contributed by atoms with van der Waals surface area (Å²) in [6.07, 6.45) is 0. The number of benzene rings is 2. The van der Waals surface area contributed by atoms with Gasteiger partial charge < -0.3 is 10.1 Å². The van der Waals surface area contributed by atoms with Crippen LogP contribution in [0.4, 0.5) is 4.39 Å². The monoisotopic (exact) mass is 273 g/mol. The van der Waals surface area contributed by atoms with Gasteiger partial charge >= 0.3 is 0 Å². The van der Waals surface area contributed by atoms with E-state index in [4.69, 9.17) is 4.74 Å².